The Kier molecular flexibility index (Phi) is 4.67. The largest absolute Gasteiger partial charge is 0.593 e. The van der Waals surface area contributed by atoms with E-state index in [0.717, 1.165) is 37.5 Å². The lowest BCUT2D eigenvalue weighted by molar-refractivity contribution is 0.107. The molecule has 0 amide bonds. The molecule has 2 heterocycles. The number of sulfonamides is 1. The van der Waals surface area contributed by atoms with Crippen molar-refractivity contribution in [3.8, 4) is 0 Å². The van der Waals surface area contributed by atoms with Crippen LogP contribution in [0.25, 0.3) is 0 Å². The van der Waals surface area contributed by atoms with Gasteiger partial charge in [-0.3, -0.25) is 4.90 Å². The van der Waals surface area contributed by atoms with E-state index >= 15 is 0 Å². The van der Waals surface area contributed by atoms with E-state index < -0.39 is 10.4 Å². The van der Waals surface area contributed by atoms with Crippen molar-refractivity contribution in [3.63, 3.8) is 0 Å². The highest BCUT2D eigenvalue weighted by atomic mass is 32.3. The molecule has 1 saturated heterocycles. The summed E-state index contributed by atoms with van der Waals surface area (Å²) in [6.07, 6.45) is 11.4. The second-order valence-electron chi connectivity index (χ2n) is 8.35. The second-order valence-corrected chi connectivity index (χ2v) is 10.3. The van der Waals surface area contributed by atoms with Gasteiger partial charge in [-0.05, 0) is 56.2 Å². The Morgan fingerprint density at radius 1 is 1.20 bits per heavy atom. The number of likely N-dealkylation sites (tertiary alicyclic amines) is 1. The van der Waals surface area contributed by atoms with Gasteiger partial charge in [0.1, 0.15) is 16.7 Å². The van der Waals surface area contributed by atoms with E-state index in [2.05, 4.69) is 11.0 Å². The zero-order valence-electron chi connectivity index (χ0n) is 15.3. The minimum absolute atomic E-state index is 0.00508. The van der Waals surface area contributed by atoms with E-state index in [9.17, 15) is 8.76 Å². The van der Waals surface area contributed by atoms with Crippen LogP contribution in [0.3, 0.4) is 0 Å². The highest BCUT2D eigenvalue weighted by Crippen LogP contribution is 2.43. The zero-order chi connectivity index (χ0) is 17.5. The van der Waals surface area contributed by atoms with Crippen LogP contribution in [0.2, 0.25) is 0 Å². The fourth-order valence-electron chi connectivity index (χ4n) is 5.30. The van der Waals surface area contributed by atoms with Gasteiger partial charge in [-0.2, -0.15) is 4.31 Å². The molecule has 0 bridgehead atoms. The number of hydrogen-bond acceptors (Lipinski definition) is 3. The molecule has 25 heavy (non-hydrogen) atoms. The summed E-state index contributed by atoms with van der Waals surface area (Å²) in [5.74, 6) is 0.799. The summed E-state index contributed by atoms with van der Waals surface area (Å²) in [5.41, 5.74) is 2.07. The van der Waals surface area contributed by atoms with Crippen molar-refractivity contribution in [2.75, 3.05) is 30.2 Å². The lowest BCUT2D eigenvalue weighted by Crippen LogP contribution is -2.59. The van der Waals surface area contributed by atoms with E-state index in [4.69, 9.17) is 0 Å². The molecule has 2 aliphatic heterocycles. The van der Waals surface area contributed by atoms with E-state index in [1.807, 2.05) is 18.2 Å². The summed E-state index contributed by atoms with van der Waals surface area (Å²) in [5, 5.41) is 0. The summed E-state index contributed by atoms with van der Waals surface area (Å²) in [7, 11) is -3.25. The number of hydrogen-bond donors (Lipinski definition) is 0. The number of rotatable bonds is 3. The van der Waals surface area contributed by atoms with Gasteiger partial charge in [0.15, 0.2) is 0 Å². The van der Waals surface area contributed by atoms with Crippen molar-refractivity contribution in [1.82, 2.24) is 4.90 Å². The van der Waals surface area contributed by atoms with Gasteiger partial charge in [-0.25, -0.2) is 0 Å². The molecule has 1 spiro atoms. The minimum atomic E-state index is -3.25. The smallest absolute Gasteiger partial charge is 0.145 e. The van der Waals surface area contributed by atoms with Crippen LogP contribution >= 0.6 is 0 Å². The van der Waals surface area contributed by atoms with Crippen LogP contribution in [0.15, 0.2) is 24.3 Å². The molecule has 138 valence electrons. The lowest BCUT2D eigenvalue weighted by atomic mass is 9.82. The summed E-state index contributed by atoms with van der Waals surface area (Å²) < 4.78 is 26.7. The molecule has 0 aromatic heterocycles. The summed E-state index contributed by atoms with van der Waals surface area (Å²) in [6.45, 7) is 2.89. The molecule has 2 unspecified atom stereocenters. The molecular formula is C20H30N2O2S. The van der Waals surface area contributed by atoms with Crippen molar-refractivity contribution in [2.45, 2.75) is 56.9 Å². The van der Waals surface area contributed by atoms with Crippen molar-refractivity contribution < 1.29 is 8.76 Å². The summed E-state index contributed by atoms with van der Waals surface area (Å²) in [4.78, 5) is 2.65. The van der Waals surface area contributed by atoms with Crippen molar-refractivity contribution in [3.05, 3.63) is 29.8 Å². The van der Waals surface area contributed by atoms with Gasteiger partial charge in [0.25, 0.3) is 0 Å². The van der Waals surface area contributed by atoms with Gasteiger partial charge in [-0.1, -0.05) is 41.7 Å². The third-order valence-corrected chi connectivity index (χ3v) is 7.69. The highest BCUT2D eigenvalue weighted by Gasteiger charge is 2.49. The molecule has 3 aliphatic rings. The fourth-order valence-corrected chi connectivity index (χ4v) is 6.31. The molecule has 1 aromatic carbocycles. The molecule has 1 aliphatic carbocycles. The van der Waals surface area contributed by atoms with Crippen molar-refractivity contribution in [1.29, 1.82) is 0 Å². The fraction of sp³-hybridized carbons (Fsp3) is 0.700. The Morgan fingerprint density at radius 2 is 1.96 bits per heavy atom. The average molecular weight is 363 g/mol. The van der Waals surface area contributed by atoms with Crippen LogP contribution in [0.4, 0.5) is 5.69 Å². The van der Waals surface area contributed by atoms with Crippen LogP contribution in [0.5, 0.6) is 0 Å². The van der Waals surface area contributed by atoms with Crippen LogP contribution in [0.1, 0.15) is 50.5 Å². The van der Waals surface area contributed by atoms with Crippen molar-refractivity contribution in [2.24, 2.45) is 5.92 Å². The highest BCUT2D eigenvalue weighted by molar-refractivity contribution is 7.98. The quantitative estimate of drug-likeness (QED) is 0.771. The Balaban J connectivity index is 1.63. The first-order valence-electron chi connectivity index (χ1n) is 9.79. The van der Waals surface area contributed by atoms with Crippen LogP contribution in [0, 0.1) is 5.92 Å². The van der Waals surface area contributed by atoms with Crippen LogP contribution in [-0.4, -0.2) is 40.9 Å². The number of para-hydroxylation sites is 1. The van der Waals surface area contributed by atoms with Gasteiger partial charge in [0, 0.05) is 12.1 Å². The first kappa shape index (κ1) is 17.5. The van der Waals surface area contributed by atoms with Gasteiger partial charge < -0.3 is 4.55 Å². The molecule has 1 aromatic rings. The standard InChI is InChI=1S/C20H30N2O2S/c1-25(23,24)22-16-20(14-18-10-5-6-11-19(18)22)12-7-13-21(20)15-17-8-3-2-4-9-17/h5-6,10-11,17H,2-4,7-9,12-16H2,1H3. The maximum Gasteiger partial charge on any atom is 0.145 e. The molecule has 4 nitrogen and oxygen atoms in total. The SMILES string of the molecule is C[S+](=O)([O-])N1CC2(CCCN2CC2CCCCC2)Cc2ccccc21. The second kappa shape index (κ2) is 6.67. The first-order valence-corrected chi connectivity index (χ1v) is 11.6. The normalized spacial score (nSPS) is 30.4. The third-order valence-electron chi connectivity index (χ3n) is 6.56. The maximum absolute atomic E-state index is 12.5. The zero-order valence-corrected chi connectivity index (χ0v) is 16.1. The third kappa shape index (κ3) is 3.38. The molecule has 2 atom stereocenters. The first-order chi connectivity index (χ1) is 12.0. The van der Waals surface area contributed by atoms with Crippen LogP contribution < -0.4 is 4.31 Å². The molecular weight excluding hydrogens is 332 g/mol. The van der Waals surface area contributed by atoms with Gasteiger partial charge in [-0.15, -0.1) is 0 Å². The minimum Gasteiger partial charge on any atom is -0.593 e. The molecule has 1 saturated carbocycles. The topological polar surface area (TPSA) is 46.6 Å². The Hall–Kier alpha value is -0.910. The molecule has 0 radical (unpaired) electrons. The number of nitrogens with zero attached hydrogens (tertiary/aromatic N) is 2. The Morgan fingerprint density at radius 3 is 2.72 bits per heavy atom. The Bertz CT molecular complexity index is 667. The monoisotopic (exact) mass is 362 g/mol. The lowest BCUT2D eigenvalue weighted by Gasteiger charge is -2.47. The van der Waals surface area contributed by atoms with E-state index in [1.165, 1.54) is 50.3 Å². The molecule has 0 N–H and O–H groups in total. The van der Waals surface area contributed by atoms with E-state index in [0.29, 0.717) is 6.54 Å². The maximum atomic E-state index is 12.5. The number of anilines is 1. The van der Waals surface area contributed by atoms with E-state index in [1.54, 1.807) is 4.31 Å². The van der Waals surface area contributed by atoms with Gasteiger partial charge in [0.05, 0.1) is 12.2 Å². The Labute approximate surface area is 153 Å². The van der Waals surface area contributed by atoms with Gasteiger partial charge >= 0.3 is 0 Å². The van der Waals surface area contributed by atoms with Crippen molar-refractivity contribution >= 4 is 16.1 Å². The predicted octanol–water partition coefficient (Wildman–Crippen LogP) is 3.64. The number of benzene rings is 1. The average Bonchev–Trinajstić information content (AvgIpc) is 2.96. The van der Waals surface area contributed by atoms with Gasteiger partial charge in [0.2, 0.25) is 0 Å². The van der Waals surface area contributed by atoms with E-state index in [-0.39, 0.29) is 5.54 Å². The van der Waals surface area contributed by atoms with Crippen LogP contribution in [-0.2, 0) is 21.0 Å². The number of fused-ring (bicyclic) bond motifs is 1. The summed E-state index contributed by atoms with van der Waals surface area (Å²) in [6, 6.07) is 8.07. The molecule has 4 rings (SSSR count). The summed E-state index contributed by atoms with van der Waals surface area (Å²) >= 11 is 0. The molecule has 5 heteroatoms. The molecule has 2 fully saturated rings. The predicted molar refractivity (Wildman–Crippen MR) is 102 cm³/mol.